The summed E-state index contributed by atoms with van der Waals surface area (Å²) < 4.78 is 52.4. The smallest absolute Gasteiger partial charge is 0.322 e. The third kappa shape index (κ3) is 4.38. The molecule has 0 heterocycles. The number of hydrogen-bond acceptors (Lipinski definition) is 1. The van der Waals surface area contributed by atoms with Gasteiger partial charge in [-0.15, -0.1) is 0 Å². The molecule has 134 valence electrons. The molecule has 1 N–H and O–H groups in total. The Hall–Kier alpha value is -2.37. The fraction of sp³-hybridized carbons (Fsp3) is 0.316. The van der Waals surface area contributed by atoms with Crippen LogP contribution in [0.2, 0.25) is 0 Å². The molecule has 0 atom stereocenters. The Morgan fingerprint density at radius 3 is 2.24 bits per heavy atom. The van der Waals surface area contributed by atoms with Gasteiger partial charge in [0.2, 0.25) is 0 Å². The molecule has 1 amide bonds. The molecule has 0 aliphatic carbocycles. The lowest BCUT2D eigenvalue weighted by Crippen LogP contribution is -2.19. The van der Waals surface area contributed by atoms with Crippen LogP contribution >= 0.6 is 0 Å². The van der Waals surface area contributed by atoms with E-state index in [1.54, 1.807) is 6.92 Å². The first-order valence-electron chi connectivity index (χ1n) is 7.69. The van der Waals surface area contributed by atoms with Gasteiger partial charge in [-0.2, -0.15) is 13.2 Å². The maximum atomic E-state index is 14.2. The van der Waals surface area contributed by atoms with E-state index in [9.17, 15) is 22.4 Å². The van der Waals surface area contributed by atoms with Crippen molar-refractivity contribution in [2.24, 2.45) is 0 Å². The van der Waals surface area contributed by atoms with Crippen molar-refractivity contribution in [3.05, 3.63) is 64.5 Å². The standard InChI is InChI=1S/C19H19F4NO/c1-11-8-16(20)14(10-15(11)18(2,3)4)17(25)24-13-7-5-6-12(9-13)19(21,22)23/h5-10H,1-4H3,(H,24,25). The number of aryl methyl sites for hydroxylation is 1. The van der Waals surface area contributed by atoms with Crippen LogP contribution in [-0.4, -0.2) is 5.91 Å². The summed E-state index contributed by atoms with van der Waals surface area (Å²) in [5.41, 5.74) is 0.0713. The minimum Gasteiger partial charge on any atom is -0.322 e. The Morgan fingerprint density at radius 2 is 1.68 bits per heavy atom. The van der Waals surface area contributed by atoms with Crippen LogP contribution in [0, 0.1) is 12.7 Å². The van der Waals surface area contributed by atoms with Crippen molar-refractivity contribution in [3.8, 4) is 0 Å². The molecule has 0 spiro atoms. The number of benzene rings is 2. The van der Waals surface area contributed by atoms with Crippen molar-refractivity contribution in [2.75, 3.05) is 5.32 Å². The monoisotopic (exact) mass is 353 g/mol. The van der Waals surface area contributed by atoms with E-state index in [0.29, 0.717) is 5.56 Å². The molecule has 0 radical (unpaired) electrons. The Balaban J connectivity index is 2.36. The zero-order valence-corrected chi connectivity index (χ0v) is 14.4. The van der Waals surface area contributed by atoms with E-state index >= 15 is 0 Å². The molecule has 0 saturated carbocycles. The van der Waals surface area contributed by atoms with Gasteiger partial charge in [-0.3, -0.25) is 4.79 Å². The molecule has 0 unspecified atom stereocenters. The summed E-state index contributed by atoms with van der Waals surface area (Å²) in [5, 5.41) is 2.33. The number of alkyl halides is 3. The van der Waals surface area contributed by atoms with Gasteiger partial charge in [0.1, 0.15) is 5.82 Å². The number of nitrogens with one attached hydrogen (secondary N) is 1. The Labute approximate surface area is 143 Å². The van der Waals surface area contributed by atoms with Crippen LogP contribution in [0.1, 0.15) is 47.8 Å². The molecule has 0 aliphatic heterocycles. The second-order valence-electron chi connectivity index (χ2n) is 6.93. The van der Waals surface area contributed by atoms with E-state index in [1.807, 2.05) is 20.8 Å². The maximum absolute atomic E-state index is 14.2. The Bertz CT molecular complexity index is 804. The molecular weight excluding hydrogens is 334 g/mol. The zero-order chi connectivity index (χ0) is 19.0. The zero-order valence-electron chi connectivity index (χ0n) is 14.4. The minimum absolute atomic E-state index is 0.0443. The number of carbonyl (C=O) groups excluding carboxylic acids is 1. The highest BCUT2D eigenvalue weighted by molar-refractivity contribution is 6.04. The Kier molecular flexibility index (Phi) is 4.93. The maximum Gasteiger partial charge on any atom is 0.416 e. The van der Waals surface area contributed by atoms with Gasteiger partial charge < -0.3 is 5.32 Å². The van der Waals surface area contributed by atoms with Crippen molar-refractivity contribution in [3.63, 3.8) is 0 Å². The summed E-state index contributed by atoms with van der Waals surface area (Å²) in [5.74, 6) is -1.50. The molecule has 25 heavy (non-hydrogen) atoms. The largest absolute Gasteiger partial charge is 0.416 e. The lowest BCUT2D eigenvalue weighted by molar-refractivity contribution is -0.137. The van der Waals surface area contributed by atoms with Crippen LogP contribution < -0.4 is 5.32 Å². The van der Waals surface area contributed by atoms with Crippen LogP contribution in [-0.2, 0) is 11.6 Å². The number of amides is 1. The van der Waals surface area contributed by atoms with E-state index in [0.717, 1.165) is 17.7 Å². The molecule has 0 bridgehead atoms. The fourth-order valence-corrected chi connectivity index (χ4v) is 2.63. The van der Waals surface area contributed by atoms with E-state index in [4.69, 9.17) is 0 Å². The van der Waals surface area contributed by atoms with Crippen LogP contribution in [0.5, 0.6) is 0 Å². The molecule has 0 saturated heterocycles. The summed E-state index contributed by atoms with van der Waals surface area (Å²) >= 11 is 0. The summed E-state index contributed by atoms with van der Waals surface area (Å²) in [6.45, 7) is 7.54. The SMILES string of the molecule is Cc1cc(F)c(C(=O)Nc2cccc(C(F)(F)F)c2)cc1C(C)(C)C. The van der Waals surface area contributed by atoms with Gasteiger partial charge >= 0.3 is 6.18 Å². The molecule has 6 heteroatoms. The summed E-state index contributed by atoms with van der Waals surface area (Å²) in [6, 6.07) is 6.94. The molecule has 0 aliphatic rings. The molecular formula is C19H19F4NO. The molecule has 2 aromatic rings. The molecule has 2 rings (SSSR count). The highest BCUT2D eigenvalue weighted by Crippen LogP contribution is 2.31. The number of carbonyl (C=O) groups is 1. The first kappa shape index (κ1) is 19.0. The van der Waals surface area contributed by atoms with Crippen LogP contribution in [0.25, 0.3) is 0 Å². The minimum atomic E-state index is -4.52. The lowest BCUT2D eigenvalue weighted by Gasteiger charge is -2.22. The average molecular weight is 353 g/mol. The summed E-state index contributed by atoms with van der Waals surface area (Å²) in [6.07, 6.45) is -4.52. The van der Waals surface area contributed by atoms with Gasteiger partial charge in [-0.1, -0.05) is 26.8 Å². The number of hydrogen-bond donors (Lipinski definition) is 1. The highest BCUT2D eigenvalue weighted by atomic mass is 19.4. The van der Waals surface area contributed by atoms with E-state index in [2.05, 4.69) is 5.32 Å². The van der Waals surface area contributed by atoms with Crippen molar-refractivity contribution in [1.82, 2.24) is 0 Å². The van der Waals surface area contributed by atoms with Gasteiger partial charge in [-0.25, -0.2) is 4.39 Å². The van der Waals surface area contributed by atoms with Gasteiger partial charge in [0, 0.05) is 5.69 Å². The molecule has 2 nitrogen and oxygen atoms in total. The fourth-order valence-electron chi connectivity index (χ4n) is 2.63. The van der Waals surface area contributed by atoms with Crippen molar-refractivity contribution in [2.45, 2.75) is 39.3 Å². The second kappa shape index (κ2) is 6.50. The first-order valence-corrected chi connectivity index (χ1v) is 7.69. The van der Waals surface area contributed by atoms with Crippen molar-refractivity contribution >= 4 is 11.6 Å². The van der Waals surface area contributed by atoms with Crippen molar-refractivity contribution in [1.29, 1.82) is 0 Å². The van der Waals surface area contributed by atoms with Crippen molar-refractivity contribution < 1.29 is 22.4 Å². The first-order chi connectivity index (χ1) is 11.4. The van der Waals surface area contributed by atoms with Gasteiger partial charge in [0.15, 0.2) is 0 Å². The van der Waals surface area contributed by atoms with Gasteiger partial charge in [-0.05, 0) is 53.8 Å². The molecule has 0 aromatic heterocycles. The van der Waals surface area contributed by atoms with Crippen LogP contribution in [0.3, 0.4) is 0 Å². The van der Waals surface area contributed by atoms with E-state index in [1.165, 1.54) is 24.3 Å². The predicted molar refractivity (Wildman–Crippen MR) is 89.2 cm³/mol. The van der Waals surface area contributed by atoms with E-state index < -0.39 is 23.5 Å². The number of anilines is 1. The van der Waals surface area contributed by atoms with Gasteiger partial charge in [0.05, 0.1) is 11.1 Å². The predicted octanol–water partition coefficient (Wildman–Crippen LogP) is 5.70. The second-order valence-corrected chi connectivity index (χ2v) is 6.93. The van der Waals surface area contributed by atoms with Crippen LogP contribution in [0.4, 0.5) is 23.2 Å². The topological polar surface area (TPSA) is 29.1 Å². The third-order valence-electron chi connectivity index (χ3n) is 3.81. The van der Waals surface area contributed by atoms with Gasteiger partial charge in [0.25, 0.3) is 5.91 Å². The lowest BCUT2D eigenvalue weighted by atomic mass is 9.83. The Morgan fingerprint density at radius 1 is 1.04 bits per heavy atom. The number of halogens is 4. The average Bonchev–Trinajstić information content (AvgIpc) is 2.45. The normalized spacial score (nSPS) is 12.2. The summed E-state index contributed by atoms with van der Waals surface area (Å²) in [7, 11) is 0. The molecule has 0 fully saturated rings. The quantitative estimate of drug-likeness (QED) is 0.689. The number of rotatable bonds is 2. The summed E-state index contributed by atoms with van der Waals surface area (Å²) in [4.78, 5) is 12.4. The van der Waals surface area contributed by atoms with Crippen LogP contribution in [0.15, 0.2) is 36.4 Å². The molecule has 2 aromatic carbocycles. The third-order valence-corrected chi connectivity index (χ3v) is 3.81. The van der Waals surface area contributed by atoms with E-state index in [-0.39, 0.29) is 16.7 Å². The highest BCUT2D eigenvalue weighted by Gasteiger charge is 2.30.